The maximum Gasteiger partial charge on any atom is 0.210 e. The van der Waals surface area contributed by atoms with Gasteiger partial charge in [0.05, 0.1) is 0 Å². The molecule has 0 aliphatic carbocycles. The number of hydrogen-bond donors (Lipinski definition) is 1. The Balaban J connectivity index is 2.03. The summed E-state index contributed by atoms with van der Waals surface area (Å²) in [6.45, 7) is 1.49. The highest BCUT2D eigenvalue weighted by molar-refractivity contribution is 6.21. The van der Waals surface area contributed by atoms with Crippen LogP contribution in [0.1, 0.15) is 11.7 Å². The lowest BCUT2D eigenvalue weighted by molar-refractivity contribution is -0.123. The number of aromatic amines is 1. The molecule has 5 heteroatoms. The Hall–Kier alpha value is -1.52. The number of rotatable bonds is 2. The first-order valence-electron chi connectivity index (χ1n) is 6.33. The number of likely N-dealkylation sites (N-methyl/N-ethyl adjacent to an activating group) is 1. The molecule has 2 atom stereocenters. The number of carbonyl (C=O) groups is 1. The van der Waals surface area contributed by atoms with Gasteiger partial charge in [-0.05, 0) is 24.6 Å². The van der Waals surface area contributed by atoms with E-state index in [0.717, 1.165) is 29.6 Å². The Labute approximate surface area is 116 Å². The Morgan fingerprint density at radius 1 is 1.37 bits per heavy atom. The van der Waals surface area contributed by atoms with Crippen LogP contribution in [0, 0.1) is 0 Å². The molecule has 0 spiro atoms. The van der Waals surface area contributed by atoms with Crippen LogP contribution in [0.4, 0.5) is 0 Å². The monoisotopic (exact) mass is 277 g/mol. The zero-order valence-electron chi connectivity index (χ0n) is 10.7. The number of amides is 1. The van der Waals surface area contributed by atoms with Crippen molar-refractivity contribution in [2.45, 2.75) is 11.5 Å². The molecular weight excluding hydrogens is 262 g/mol. The average Bonchev–Trinajstić information content (AvgIpc) is 2.84. The summed E-state index contributed by atoms with van der Waals surface area (Å²) in [4.78, 5) is 18.4. The summed E-state index contributed by atoms with van der Waals surface area (Å²) < 4.78 is 0. The van der Waals surface area contributed by atoms with Crippen molar-refractivity contribution in [3.63, 3.8) is 0 Å². The molecule has 2 aromatic rings. The molecule has 1 N–H and O–H groups in total. The minimum absolute atomic E-state index is 0.134. The van der Waals surface area contributed by atoms with Crippen LogP contribution in [-0.4, -0.2) is 46.8 Å². The minimum Gasteiger partial charge on any atom is -0.357 e. The van der Waals surface area contributed by atoms with Gasteiger partial charge in [0.15, 0.2) is 0 Å². The van der Waals surface area contributed by atoms with Crippen LogP contribution in [0.3, 0.4) is 0 Å². The standard InChI is InChI=1S/C14H16ClN3O/c1-17-6-7-18(9-19)13(14(17)15)12-8-10-4-2-3-5-11(10)16-12/h2-5,8-9,13-14,16H,6-7H2,1H3. The van der Waals surface area contributed by atoms with E-state index in [4.69, 9.17) is 11.6 Å². The maximum absolute atomic E-state index is 11.2. The second-order valence-corrected chi connectivity index (χ2v) is 5.40. The molecule has 0 radical (unpaired) electrons. The lowest BCUT2D eigenvalue weighted by Crippen LogP contribution is -2.50. The lowest BCUT2D eigenvalue weighted by Gasteiger charge is -2.41. The van der Waals surface area contributed by atoms with Crippen molar-refractivity contribution in [3.8, 4) is 0 Å². The van der Waals surface area contributed by atoms with Gasteiger partial charge in [-0.25, -0.2) is 0 Å². The predicted molar refractivity (Wildman–Crippen MR) is 76.1 cm³/mol. The third-order valence-electron chi connectivity index (χ3n) is 3.75. The first-order chi connectivity index (χ1) is 9.20. The van der Waals surface area contributed by atoms with Crippen LogP contribution < -0.4 is 0 Å². The molecule has 0 bridgehead atoms. The fourth-order valence-electron chi connectivity index (χ4n) is 2.63. The summed E-state index contributed by atoms with van der Waals surface area (Å²) >= 11 is 6.47. The Kier molecular flexibility index (Phi) is 3.21. The van der Waals surface area contributed by atoms with E-state index in [1.807, 2.05) is 25.2 Å². The first kappa shape index (κ1) is 12.5. The zero-order valence-corrected chi connectivity index (χ0v) is 11.5. The quantitative estimate of drug-likeness (QED) is 0.519. The number of nitrogens with one attached hydrogen (secondary N) is 1. The normalized spacial score (nSPS) is 24.8. The fraction of sp³-hybridized carbons (Fsp3) is 0.357. The van der Waals surface area contributed by atoms with Crippen molar-refractivity contribution in [3.05, 3.63) is 36.0 Å². The van der Waals surface area contributed by atoms with Gasteiger partial charge in [-0.15, -0.1) is 11.6 Å². The zero-order chi connectivity index (χ0) is 13.4. The molecule has 4 nitrogen and oxygen atoms in total. The number of nitrogens with zero attached hydrogens (tertiary/aromatic N) is 2. The second kappa shape index (κ2) is 4.87. The second-order valence-electron chi connectivity index (χ2n) is 4.95. The number of hydrogen-bond acceptors (Lipinski definition) is 2. The highest BCUT2D eigenvalue weighted by Crippen LogP contribution is 2.32. The Morgan fingerprint density at radius 2 is 2.16 bits per heavy atom. The van der Waals surface area contributed by atoms with E-state index in [1.54, 1.807) is 4.90 Å². The van der Waals surface area contributed by atoms with Gasteiger partial charge in [0.25, 0.3) is 0 Å². The predicted octanol–water partition coefficient (Wildman–Crippen LogP) is 2.18. The van der Waals surface area contributed by atoms with Crippen LogP contribution in [0.5, 0.6) is 0 Å². The van der Waals surface area contributed by atoms with Crippen LogP contribution in [0.25, 0.3) is 10.9 Å². The van der Waals surface area contributed by atoms with Crippen LogP contribution in [0.2, 0.25) is 0 Å². The summed E-state index contributed by atoms with van der Waals surface area (Å²) in [6.07, 6.45) is 0.887. The summed E-state index contributed by atoms with van der Waals surface area (Å²) in [5, 5.41) is 1.14. The Bertz CT molecular complexity index is 564. The van der Waals surface area contributed by atoms with Crippen molar-refractivity contribution in [1.29, 1.82) is 0 Å². The summed E-state index contributed by atoms with van der Waals surface area (Å²) in [7, 11) is 1.98. The van der Waals surface area contributed by atoms with Gasteiger partial charge in [0.2, 0.25) is 6.41 Å². The third-order valence-corrected chi connectivity index (χ3v) is 4.33. The molecule has 1 fully saturated rings. The highest BCUT2D eigenvalue weighted by Gasteiger charge is 2.34. The lowest BCUT2D eigenvalue weighted by atomic mass is 10.1. The van der Waals surface area contributed by atoms with Crippen molar-refractivity contribution < 1.29 is 4.79 Å². The van der Waals surface area contributed by atoms with Gasteiger partial charge in [-0.2, -0.15) is 0 Å². The number of aromatic nitrogens is 1. The van der Waals surface area contributed by atoms with E-state index in [1.165, 1.54) is 0 Å². The third kappa shape index (κ3) is 2.11. The molecule has 100 valence electrons. The molecule has 1 aromatic heterocycles. The number of fused-ring (bicyclic) bond motifs is 1. The molecule has 1 aromatic carbocycles. The summed E-state index contributed by atoms with van der Waals surface area (Å²) in [6, 6.07) is 10.0. The van der Waals surface area contributed by atoms with Crippen molar-refractivity contribution >= 4 is 28.9 Å². The fourth-order valence-corrected chi connectivity index (χ4v) is 3.01. The molecule has 2 heterocycles. The van der Waals surface area contributed by atoms with E-state index in [2.05, 4.69) is 22.0 Å². The minimum atomic E-state index is -0.216. The van der Waals surface area contributed by atoms with Crippen LogP contribution >= 0.6 is 11.6 Å². The van der Waals surface area contributed by atoms with Gasteiger partial charge < -0.3 is 9.88 Å². The molecule has 1 saturated heterocycles. The van der Waals surface area contributed by atoms with Gasteiger partial charge in [-0.1, -0.05) is 18.2 Å². The van der Waals surface area contributed by atoms with Crippen molar-refractivity contribution in [1.82, 2.24) is 14.8 Å². The molecule has 1 amide bonds. The Morgan fingerprint density at radius 3 is 2.89 bits per heavy atom. The number of H-pyrrole nitrogens is 1. The first-order valence-corrected chi connectivity index (χ1v) is 6.77. The van der Waals surface area contributed by atoms with Crippen molar-refractivity contribution in [2.24, 2.45) is 0 Å². The molecule has 1 aliphatic rings. The van der Waals surface area contributed by atoms with Gasteiger partial charge in [0.1, 0.15) is 11.5 Å². The summed E-state index contributed by atoms with van der Waals surface area (Å²) in [5.41, 5.74) is 1.84. The highest BCUT2D eigenvalue weighted by atomic mass is 35.5. The molecule has 19 heavy (non-hydrogen) atoms. The van der Waals surface area contributed by atoms with E-state index >= 15 is 0 Å². The van der Waals surface area contributed by atoms with Gasteiger partial charge in [-0.3, -0.25) is 9.69 Å². The number of para-hydroxylation sites is 1. The van der Waals surface area contributed by atoms with E-state index in [-0.39, 0.29) is 11.5 Å². The van der Waals surface area contributed by atoms with E-state index in [0.29, 0.717) is 6.54 Å². The maximum atomic E-state index is 11.2. The molecule has 0 saturated carbocycles. The SMILES string of the molecule is CN1CCN(C=O)C(c2cc3ccccc3[nH]2)C1Cl. The van der Waals surface area contributed by atoms with Crippen LogP contribution in [-0.2, 0) is 4.79 Å². The number of carbonyl (C=O) groups excluding carboxylic acids is 1. The molecule has 2 unspecified atom stereocenters. The van der Waals surface area contributed by atoms with E-state index in [9.17, 15) is 4.79 Å². The van der Waals surface area contributed by atoms with Gasteiger partial charge in [0, 0.05) is 24.3 Å². The summed E-state index contributed by atoms with van der Waals surface area (Å²) in [5.74, 6) is 0. The largest absolute Gasteiger partial charge is 0.357 e. The smallest absolute Gasteiger partial charge is 0.210 e. The number of piperazine rings is 1. The number of alkyl halides is 1. The number of halogens is 1. The van der Waals surface area contributed by atoms with E-state index < -0.39 is 0 Å². The topological polar surface area (TPSA) is 39.3 Å². The molecule has 1 aliphatic heterocycles. The van der Waals surface area contributed by atoms with Gasteiger partial charge >= 0.3 is 0 Å². The number of benzene rings is 1. The molecular formula is C14H16ClN3O. The van der Waals surface area contributed by atoms with Crippen LogP contribution in [0.15, 0.2) is 30.3 Å². The van der Waals surface area contributed by atoms with Crippen molar-refractivity contribution in [2.75, 3.05) is 20.1 Å². The average molecular weight is 278 g/mol. The molecule has 3 rings (SSSR count).